The molecule has 0 atom stereocenters. The zero-order valence-corrected chi connectivity index (χ0v) is 26.6. The van der Waals surface area contributed by atoms with Gasteiger partial charge in [0, 0.05) is 60.5 Å². The number of carbonyl (C=O) groups excluding carboxylic acids is 1. The minimum atomic E-state index is -3.95. The van der Waals surface area contributed by atoms with Crippen molar-refractivity contribution >= 4 is 56.4 Å². The van der Waals surface area contributed by atoms with E-state index in [0.29, 0.717) is 36.0 Å². The summed E-state index contributed by atoms with van der Waals surface area (Å²) in [6, 6.07) is 11.7. The van der Waals surface area contributed by atoms with E-state index < -0.39 is 21.3 Å². The summed E-state index contributed by atoms with van der Waals surface area (Å²) in [7, 11) is 1.83. The molecule has 1 saturated heterocycles. The number of sulfonamides is 1. The van der Waals surface area contributed by atoms with Gasteiger partial charge in [-0.15, -0.1) is 12.4 Å². The van der Waals surface area contributed by atoms with E-state index >= 15 is 4.39 Å². The van der Waals surface area contributed by atoms with E-state index in [1.807, 2.05) is 25.9 Å². The van der Waals surface area contributed by atoms with E-state index in [9.17, 15) is 13.2 Å². The maximum atomic E-state index is 15.7. The summed E-state index contributed by atoms with van der Waals surface area (Å²) in [4.78, 5) is 28.4. The number of hydrogen-bond donors (Lipinski definition) is 1. The first kappa shape index (κ1) is 30.2. The van der Waals surface area contributed by atoms with Crippen LogP contribution >= 0.6 is 12.4 Å². The summed E-state index contributed by atoms with van der Waals surface area (Å²) in [5, 5.41) is 0.730. The van der Waals surface area contributed by atoms with Gasteiger partial charge in [0.1, 0.15) is 5.82 Å². The quantitative estimate of drug-likeness (QED) is 0.314. The van der Waals surface area contributed by atoms with Crippen LogP contribution in [-0.2, 0) is 20.2 Å². The molecule has 9 nitrogen and oxygen atoms in total. The number of nitrogens with one attached hydrogen (secondary N) is 1. The first-order chi connectivity index (χ1) is 20.5. The smallest absolute Gasteiger partial charge is 0.262 e. The number of hydrogen-bond acceptors (Lipinski definition) is 7. The zero-order valence-electron chi connectivity index (χ0n) is 25.0. The molecule has 0 bridgehead atoms. The third kappa shape index (κ3) is 4.60. The Morgan fingerprint density at radius 1 is 1.05 bits per heavy atom. The Hall–Kier alpha value is -3.80. The second-order valence-corrected chi connectivity index (χ2v) is 13.9. The van der Waals surface area contributed by atoms with Crippen LogP contribution in [0.15, 0.2) is 59.8 Å². The highest BCUT2D eigenvalue weighted by Gasteiger charge is 2.54. The Kier molecular flexibility index (Phi) is 7.34. The first-order valence-corrected chi connectivity index (χ1v) is 15.9. The highest BCUT2D eigenvalue weighted by Crippen LogP contribution is 2.55. The predicted molar refractivity (Wildman–Crippen MR) is 173 cm³/mol. The number of halogens is 2. The van der Waals surface area contributed by atoms with Gasteiger partial charge in [0.25, 0.3) is 10.0 Å². The van der Waals surface area contributed by atoms with Gasteiger partial charge in [-0.2, -0.15) is 0 Å². The molecule has 2 aliphatic heterocycles. The monoisotopic (exact) mass is 636 g/mol. The third-order valence-electron chi connectivity index (χ3n) is 9.34. The molecule has 1 amide bonds. The molecule has 1 N–H and O–H groups in total. The lowest BCUT2D eigenvalue weighted by Crippen LogP contribution is -2.57. The summed E-state index contributed by atoms with van der Waals surface area (Å²) in [6.07, 6.45) is 5.70. The average Bonchev–Trinajstić information content (AvgIpc) is 3.15. The van der Waals surface area contributed by atoms with Crippen LogP contribution in [0.25, 0.3) is 22.0 Å². The Morgan fingerprint density at radius 2 is 1.75 bits per heavy atom. The Labute approximate surface area is 262 Å². The van der Waals surface area contributed by atoms with Crippen molar-refractivity contribution in [2.45, 2.75) is 42.5 Å². The molecule has 2 fully saturated rings. The standard InChI is InChI=1S/C32H33FN6O3S.ClH/c1-19-6-8-22(9-7-19)43(41,42)36-27-12-20(15-35-30(27)39-17-21(18-39)37(2)3)23-13-24-26(14-25(23)33)34-16-28-29(24)32(10-5-11-32)31(40)38(28)4;/h6-9,12-16,21,36H,5,10-11,17-18H2,1-4H3;1H. The van der Waals surface area contributed by atoms with E-state index in [4.69, 9.17) is 0 Å². The fourth-order valence-electron chi connectivity index (χ4n) is 6.52. The fourth-order valence-corrected chi connectivity index (χ4v) is 7.57. The van der Waals surface area contributed by atoms with Crippen molar-refractivity contribution in [1.29, 1.82) is 0 Å². The largest absolute Gasteiger partial charge is 0.352 e. The minimum absolute atomic E-state index is 0. The molecule has 4 aromatic rings. The zero-order chi connectivity index (χ0) is 30.3. The van der Waals surface area contributed by atoms with Crippen molar-refractivity contribution in [3.05, 3.63) is 71.8 Å². The minimum Gasteiger partial charge on any atom is -0.352 e. The number of benzene rings is 2. The molecule has 3 aliphatic rings. The van der Waals surface area contributed by atoms with Crippen LogP contribution in [0.3, 0.4) is 0 Å². The van der Waals surface area contributed by atoms with Gasteiger partial charge in [0.05, 0.1) is 33.4 Å². The summed E-state index contributed by atoms with van der Waals surface area (Å²) in [6.45, 7) is 3.26. The van der Waals surface area contributed by atoms with Crippen LogP contribution in [0.1, 0.15) is 30.4 Å². The second-order valence-electron chi connectivity index (χ2n) is 12.2. The number of amides is 1. The Morgan fingerprint density at radius 3 is 2.39 bits per heavy atom. The SMILES string of the molecule is Cc1ccc(S(=O)(=O)Nc2cc(-c3cc4c5c(cnc4cc3F)N(C)C(=O)C53CCC3)cnc2N2CC(N(C)C)C2)cc1.Cl. The molecule has 7 rings (SSSR count). The van der Waals surface area contributed by atoms with Crippen molar-refractivity contribution < 1.29 is 17.6 Å². The predicted octanol–water partition coefficient (Wildman–Crippen LogP) is 5.12. The fraction of sp³-hybridized carbons (Fsp3) is 0.344. The van der Waals surface area contributed by atoms with Crippen LogP contribution in [-0.4, -0.2) is 69.5 Å². The highest BCUT2D eigenvalue weighted by atomic mass is 35.5. The molecule has 1 spiro atoms. The average molecular weight is 637 g/mol. The van der Waals surface area contributed by atoms with E-state index in [1.54, 1.807) is 60.7 Å². The van der Waals surface area contributed by atoms with Gasteiger partial charge < -0.3 is 14.7 Å². The van der Waals surface area contributed by atoms with Crippen molar-refractivity contribution in [3.8, 4) is 11.1 Å². The number of aromatic nitrogens is 2. The molecule has 0 radical (unpaired) electrons. The lowest BCUT2D eigenvalue weighted by atomic mass is 9.64. The molecule has 1 aliphatic carbocycles. The maximum absolute atomic E-state index is 15.7. The Bertz CT molecular complexity index is 1910. The molecular weight excluding hydrogens is 603 g/mol. The molecule has 1 saturated carbocycles. The topological polar surface area (TPSA) is 98.7 Å². The highest BCUT2D eigenvalue weighted by molar-refractivity contribution is 7.92. The molecule has 44 heavy (non-hydrogen) atoms. The van der Waals surface area contributed by atoms with Gasteiger partial charge in [-0.25, -0.2) is 17.8 Å². The molecular formula is C32H34ClFN6O3S. The summed E-state index contributed by atoms with van der Waals surface area (Å²) < 4.78 is 45.4. The number of rotatable bonds is 6. The molecule has 12 heteroatoms. The van der Waals surface area contributed by atoms with Gasteiger partial charge in [-0.3, -0.25) is 14.5 Å². The normalized spacial score (nSPS) is 17.5. The number of nitrogens with zero attached hydrogens (tertiary/aromatic N) is 5. The number of fused-ring (bicyclic) bond motifs is 4. The number of carbonyl (C=O) groups is 1. The van der Waals surface area contributed by atoms with Crippen molar-refractivity contribution in [2.75, 3.05) is 48.8 Å². The lowest BCUT2D eigenvalue weighted by Gasteiger charge is -2.44. The van der Waals surface area contributed by atoms with Crippen LogP contribution in [0, 0.1) is 12.7 Å². The van der Waals surface area contributed by atoms with Crippen molar-refractivity contribution in [2.24, 2.45) is 0 Å². The van der Waals surface area contributed by atoms with E-state index in [0.717, 1.165) is 41.5 Å². The van der Waals surface area contributed by atoms with Crippen LogP contribution in [0.2, 0.25) is 0 Å². The second kappa shape index (κ2) is 10.7. The van der Waals surface area contributed by atoms with Gasteiger partial charge in [0.2, 0.25) is 5.91 Å². The third-order valence-corrected chi connectivity index (χ3v) is 10.7. The van der Waals surface area contributed by atoms with Gasteiger partial charge in [-0.1, -0.05) is 24.1 Å². The molecule has 2 aromatic heterocycles. The number of pyridine rings is 2. The molecule has 4 heterocycles. The van der Waals surface area contributed by atoms with Crippen LogP contribution < -0.4 is 14.5 Å². The van der Waals surface area contributed by atoms with Gasteiger partial charge in [-0.05, 0) is 58.1 Å². The van der Waals surface area contributed by atoms with Crippen molar-refractivity contribution in [3.63, 3.8) is 0 Å². The number of aryl methyl sites for hydroxylation is 1. The first-order valence-electron chi connectivity index (χ1n) is 14.4. The number of likely N-dealkylation sites (N-methyl/N-ethyl adjacent to an activating group) is 2. The molecule has 230 valence electrons. The van der Waals surface area contributed by atoms with Crippen molar-refractivity contribution in [1.82, 2.24) is 14.9 Å². The van der Waals surface area contributed by atoms with Crippen LogP contribution in [0.5, 0.6) is 0 Å². The maximum Gasteiger partial charge on any atom is 0.262 e. The lowest BCUT2D eigenvalue weighted by molar-refractivity contribution is -0.125. The van der Waals surface area contributed by atoms with Gasteiger partial charge >= 0.3 is 0 Å². The summed E-state index contributed by atoms with van der Waals surface area (Å²) in [5.41, 5.74) is 3.45. The summed E-state index contributed by atoms with van der Waals surface area (Å²) in [5.74, 6) is 0.0408. The van der Waals surface area contributed by atoms with E-state index in [-0.39, 0.29) is 34.5 Å². The molecule has 0 unspecified atom stereocenters. The number of anilines is 3. The molecule has 2 aromatic carbocycles. The van der Waals surface area contributed by atoms with Crippen LogP contribution in [0.4, 0.5) is 21.6 Å². The van der Waals surface area contributed by atoms with Gasteiger partial charge in [0.15, 0.2) is 5.82 Å². The van der Waals surface area contributed by atoms with E-state index in [1.165, 1.54) is 6.07 Å². The van der Waals surface area contributed by atoms with E-state index in [2.05, 4.69) is 19.6 Å². The summed E-state index contributed by atoms with van der Waals surface area (Å²) >= 11 is 0. The Balaban J connectivity index is 0.00000343.